The standard InChI is InChI=1S/2C8H16O/c2*1-5-7(9)8(3,4)6-2/h2*5-6H2,1-4H3. The molecule has 0 atom stereocenters. The Kier molecular flexibility index (Phi) is 9.23. The molecule has 0 unspecified atom stereocenters. The normalized spacial score (nSPS) is 11.6. The summed E-state index contributed by atoms with van der Waals surface area (Å²) in [5.41, 5.74) is -0.177. The lowest BCUT2D eigenvalue weighted by atomic mass is 9.84. The number of rotatable bonds is 6. The first-order chi connectivity index (χ1) is 8.08. The minimum atomic E-state index is -0.0885. The maximum Gasteiger partial charge on any atom is 0.138 e. The van der Waals surface area contributed by atoms with Crippen molar-refractivity contribution in [1.29, 1.82) is 0 Å². The van der Waals surface area contributed by atoms with Crippen LogP contribution in [0.3, 0.4) is 0 Å². The Morgan fingerprint density at radius 3 is 0.944 bits per heavy atom. The molecule has 0 N–H and O–H groups in total. The highest BCUT2D eigenvalue weighted by Gasteiger charge is 2.23. The van der Waals surface area contributed by atoms with E-state index in [2.05, 4.69) is 0 Å². The zero-order valence-corrected chi connectivity index (χ0v) is 13.6. The van der Waals surface area contributed by atoms with Gasteiger partial charge in [-0.05, 0) is 12.8 Å². The van der Waals surface area contributed by atoms with Gasteiger partial charge in [0, 0.05) is 23.7 Å². The molecule has 0 bridgehead atoms. The summed E-state index contributed by atoms with van der Waals surface area (Å²) in [7, 11) is 0. The molecule has 0 heterocycles. The van der Waals surface area contributed by atoms with Crippen LogP contribution in [0.15, 0.2) is 0 Å². The Labute approximate surface area is 114 Å². The quantitative estimate of drug-likeness (QED) is 0.684. The van der Waals surface area contributed by atoms with Crippen LogP contribution in [-0.2, 0) is 9.59 Å². The molecule has 0 aliphatic heterocycles. The zero-order chi connectivity index (χ0) is 15.0. The molecule has 108 valence electrons. The Bertz CT molecular complexity index is 234. The highest BCUT2D eigenvalue weighted by molar-refractivity contribution is 5.83. The van der Waals surface area contributed by atoms with Crippen molar-refractivity contribution in [1.82, 2.24) is 0 Å². The molecule has 0 fully saturated rings. The van der Waals surface area contributed by atoms with Gasteiger partial charge in [0.25, 0.3) is 0 Å². The van der Waals surface area contributed by atoms with Crippen molar-refractivity contribution in [3.8, 4) is 0 Å². The van der Waals surface area contributed by atoms with Crippen molar-refractivity contribution in [2.45, 2.75) is 81.1 Å². The first kappa shape index (κ1) is 19.7. The Morgan fingerprint density at radius 1 is 0.667 bits per heavy atom. The van der Waals surface area contributed by atoms with Crippen molar-refractivity contribution in [3.05, 3.63) is 0 Å². The van der Waals surface area contributed by atoms with Crippen LogP contribution < -0.4 is 0 Å². The molecule has 0 radical (unpaired) electrons. The molecule has 0 rings (SSSR count). The molecular weight excluding hydrogens is 224 g/mol. The number of ketones is 2. The van der Waals surface area contributed by atoms with Gasteiger partial charge in [-0.25, -0.2) is 0 Å². The molecule has 2 nitrogen and oxygen atoms in total. The average molecular weight is 256 g/mol. The van der Waals surface area contributed by atoms with Gasteiger partial charge >= 0.3 is 0 Å². The van der Waals surface area contributed by atoms with Crippen molar-refractivity contribution in [2.24, 2.45) is 10.8 Å². The Balaban J connectivity index is 0. The summed E-state index contributed by atoms with van der Waals surface area (Å²) in [4.78, 5) is 22.1. The van der Waals surface area contributed by atoms with E-state index < -0.39 is 0 Å². The Morgan fingerprint density at radius 2 is 0.889 bits per heavy atom. The summed E-state index contributed by atoms with van der Waals surface area (Å²) in [6, 6.07) is 0. The maximum atomic E-state index is 11.1. The van der Waals surface area contributed by atoms with E-state index in [1.54, 1.807) is 0 Å². The lowest BCUT2D eigenvalue weighted by Gasteiger charge is -2.19. The van der Waals surface area contributed by atoms with Crippen LogP contribution in [0.2, 0.25) is 0 Å². The molecule has 0 saturated heterocycles. The van der Waals surface area contributed by atoms with E-state index in [-0.39, 0.29) is 10.8 Å². The molecule has 0 saturated carbocycles. The zero-order valence-electron chi connectivity index (χ0n) is 13.6. The van der Waals surface area contributed by atoms with Crippen molar-refractivity contribution < 1.29 is 9.59 Å². The molecule has 0 spiro atoms. The summed E-state index contributed by atoms with van der Waals surface area (Å²) in [5, 5.41) is 0. The minimum Gasteiger partial charge on any atom is -0.299 e. The highest BCUT2D eigenvalue weighted by atomic mass is 16.1. The molecule has 0 aromatic carbocycles. The fourth-order valence-corrected chi connectivity index (χ4v) is 1.35. The molecule has 2 heteroatoms. The number of carbonyl (C=O) groups is 2. The van der Waals surface area contributed by atoms with Crippen LogP contribution in [-0.4, -0.2) is 11.6 Å². The minimum absolute atomic E-state index is 0.0885. The molecule has 0 aromatic heterocycles. The van der Waals surface area contributed by atoms with Crippen molar-refractivity contribution in [2.75, 3.05) is 0 Å². The molecule has 0 aliphatic carbocycles. The third-order valence-corrected chi connectivity index (χ3v) is 3.92. The van der Waals surface area contributed by atoms with E-state index in [4.69, 9.17) is 0 Å². The van der Waals surface area contributed by atoms with Gasteiger partial charge in [-0.15, -0.1) is 0 Å². The fourth-order valence-electron chi connectivity index (χ4n) is 1.35. The molecule has 18 heavy (non-hydrogen) atoms. The summed E-state index contributed by atoms with van der Waals surface area (Å²) < 4.78 is 0. The topological polar surface area (TPSA) is 34.1 Å². The monoisotopic (exact) mass is 256 g/mol. The SMILES string of the molecule is CCC(=O)C(C)(C)CC.CCC(=O)C(C)(C)CC. The average Bonchev–Trinajstić information content (AvgIpc) is 2.37. The lowest BCUT2D eigenvalue weighted by molar-refractivity contribution is -0.127. The van der Waals surface area contributed by atoms with Crippen LogP contribution in [0.1, 0.15) is 81.1 Å². The Hall–Kier alpha value is -0.660. The van der Waals surface area contributed by atoms with Gasteiger partial charge < -0.3 is 0 Å². The smallest absolute Gasteiger partial charge is 0.138 e. The predicted octanol–water partition coefficient (Wildman–Crippen LogP) is 4.80. The van der Waals surface area contributed by atoms with Gasteiger partial charge in [-0.3, -0.25) is 9.59 Å². The van der Waals surface area contributed by atoms with E-state index >= 15 is 0 Å². The van der Waals surface area contributed by atoms with E-state index in [9.17, 15) is 9.59 Å². The second kappa shape index (κ2) is 8.44. The molecule has 0 aliphatic rings. The van der Waals surface area contributed by atoms with E-state index in [0.717, 1.165) is 12.8 Å². The molecular formula is C16H32O2. The number of hydrogen-bond donors (Lipinski definition) is 0. The predicted molar refractivity (Wildman–Crippen MR) is 78.7 cm³/mol. The first-order valence-corrected chi connectivity index (χ1v) is 7.15. The first-order valence-electron chi connectivity index (χ1n) is 7.15. The summed E-state index contributed by atoms with van der Waals surface area (Å²) >= 11 is 0. The van der Waals surface area contributed by atoms with Gasteiger partial charge in [0.15, 0.2) is 0 Å². The van der Waals surface area contributed by atoms with Crippen LogP contribution in [0.4, 0.5) is 0 Å². The lowest BCUT2D eigenvalue weighted by Crippen LogP contribution is -2.21. The van der Waals surface area contributed by atoms with Gasteiger partial charge in [0.2, 0.25) is 0 Å². The number of hydrogen-bond acceptors (Lipinski definition) is 2. The fraction of sp³-hybridized carbons (Fsp3) is 0.875. The van der Waals surface area contributed by atoms with E-state index in [1.165, 1.54) is 0 Å². The summed E-state index contributed by atoms with van der Waals surface area (Å²) in [5.74, 6) is 0.731. The highest BCUT2D eigenvalue weighted by Crippen LogP contribution is 2.22. The second-order valence-corrected chi connectivity index (χ2v) is 6.03. The van der Waals surface area contributed by atoms with E-state index in [0.29, 0.717) is 24.4 Å². The van der Waals surface area contributed by atoms with Crippen LogP contribution in [0.5, 0.6) is 0 Å². The largest absolute Gasteiger partial charge is 0.299 e. The van der Waals surface area contributed by atoms with Crippen molar-refractivity contribution >= 4 is 11.6 Å². The maximum absolute atomic E-state index is 11.1. The second-order valence-electron chi connectivity index (χ2n) is 6.03. The number of carbonyl (C=O) groups excluding carboxylic acids is 2. The summed E-state index contributed by atoms with van der Waals surface area (Å²) in [6.45, 7) is 15.9. The van der Waals surface area contributed by atoms with Crippen molar-refractivity contribution in [3.63, 3.8) is 0 Å². The van der Waals surface area contributed by atoms with Crippen LogP contribution in [0.25, 0.3) is 0 Å². The molecule has 0 amide bonds. The van der Waals surface area contributed by atoms with Gasteiger partial charge in [0.05, 0.1) is 0 Å². The van der Waals surface area contributed by atoms with Crippen LogP contribution >= 0.6 is 0 Å². The van der Waals surface area contributed by atoms with Gasteiger partial charge in [0.1, 0.15) is 11.6 Å². The third-order valence-electron chi connectivity index (χ3n) is 3.92. The van der Waals surface area contributed by atoms with Crippen LogP contribution in [0, 0.1) is 10.8 Å². The number of Topliss-reactive ketones (excluding diaryl/α,β-unsaturated/α-hetero) is 2. The van der Waals surface area contributed by atoms with E-state index in [1.807, 2.05) is 55.4 Å². The van der Waals surface area contributed by atoms with Gasteiger partial charge in [-0.1, -0.05) is 55.4 Å². The third kappa shape index (κ3) is 6.93. The summed E-state index contributed by atoms with van der Waals surface area (Å²) in [6.07, 6.45) is 3.22. The van der Waals surface area contributed by atoms with Gasteiger partial charge in [-0.2, -0.15) is 0 Å². The molecule has 0 aromatic rings.